The van der Waals surface area contributed by atoms with Crippen molar-refractivity contribution in [3.8, 4) is 33.8 Å². The van der Waals surface area contributed by atoms with Crippen LogP contribution in [0.3, 0.4) is 0 Å². The minimum atomic E-state index is -0.286. The Morgan fingerprint density at radius 2 is 0.955 bits per heavy atom. The predicted octanol–water partition coefficient (Wildman–Crippen LogP) is 9.32. The van der Waals surface area contributed by atoms with Gasteiger partial charge in [-0.25, -0.2) is 0 Å². The second-order valence-corrected chi connectivity index (χ2v) is 12.9. The van der Waals surface area contributed by atoms with E-state index in [9.17, 15) is 10.2 Å². The van der Waals surface area contributed by atoms with Crippen LogP contribution in [0.4, 0.5) is 11.4 Å². The lowest BCUT2D eigenvalue weighted by Crippen LogP contribution is -2.12. The van der Waals surface area contributed by atoms with Crippen molar-refractivity contribution in [2.24, 2.45) is 9.98 Å². The predicted molar refractivity (Wildman–Crippen MR) is 181 cm³/mol. The van der Waals surface area contributed by atoms with Crippen LogP contribution in [0.1, 0.15) is 63.8 Å². The fraction of sp³-hybridized carbons (Fsp3) is 0.211. The first-order chi connectivity index (χ1) is 20.9. The van der Waals surface area contributed by atoms with Gasteiger partial charge < -0.3 is 10.2 Å². The number of aliphatic imine (C=N–C) groups is 2. The van der Waals surface area contributed by atoms with Crippen molar-refractivity contribution in [3.63, 3.8) is 0 Å². The summed E-state index contributed by atoms with van der Waals surface area (Å²) >= 11 is 0. The summed E-state index contributed by atoms with van der Waals surface area (Å²) in [6, 6.07) is 23.2. The van der Waals surface area contributed by atoms with Crippen molar-refractivity contribution in [1.29, 1.82) is 0 Å². The molecule has 2 N–H and O–H groups in total. The fourth-order valence-corrected chi connectivity index (χ4v) is 5.02. The molecule has 0 fully saturated rings. The molecule has 0 aliphatic heterocycles. The second kappa shape index (κ2) is 12.3. The number of aromatic nitrogens is 2. The molecule has 3 aromatic carbocycles. The lowest BCUT2D eigenvalue weighted by Gasteiger charge is -2.23. The number of benzene rings is 3. The molecule has 6 heteroatoms. The van der Waals surface area contributed by atoms with Gasteiger partial charge in [-0.15, -0.1) is 0 Å². The molecule has 2 heterocycles. The second-order valence-electron chi connectivity index (χ2n) is 12.9. The maximum Gasteiger partial charge on any atom is 0.128 e. The number of hydrogen-bond donors (Lipinski definition) is 2. The first kappa shape index (κ1) is 30.4. The molecule has 0 aliphatic carbocycles. The number of pyridine rings is 2. The summed E-state index contributed by atoms with van der Waals surface area (Å²) in [6.45, 7) is 12.4. The molecule has 0 aliphatic rings. The average molecular weight is 583 g/mol. The maximum atomic E-state index is 11.3. The lowest BCUT2D eigenvalue weighted by molar-refractivity contribution is 0.445. The van der Waals surface area contributed by atoms with E-state index in [2.05, 4.69) is 51.5 Å². The van der Waals surface area contributed by atoms with E-state index in [4.69, 9.17) is 9.98 Å². The van der Waals surface area contributed by atoms with Gasteiger partial charge in [0.05, 0.1) is 11.4 Å². The molecule has 0 amide bonds. The summed E-state index contributed by atoms with van der Waals surface area (Å²) in [7, 11) is 0. The number of nitrogens with zero attached hydrogens (tertiary/aromatic N) is 4. The lowest BCUT2D eigenvalue weighted by atomic mass is 9.83. The SMILES string of the molecule is CC(C)(C)c1cc(-c2cccnc2)cc(C=Nc2ccccc2N=Cc2cc(-c3cccnc3)cc(C(C)(C)C)c2O)c1O. The van der Waals surface area contributed by atoms with Gasteiger partial charge in [-0.1, -0.05) is 65.8 Å². The minimum absolute atomic E-state index is 0.196. The molecule has 0 saturated heterocycles. The third kappa shape index (κ3) is 6.76. The molecule has 6 nitrogen and oxygen atoms in total. The van der Waals surface area contributed by atoms with Crippen molar-refractivity contribution in [3.05, 3.63) is 120 Å². The third-order valence-electron chi connectivity index (χ3n) is 7.45. The van der Waals surface area contributed by atoms with Crippen LogP contribution in [0.2, 0.25) is 0 Å². The number of hydrogen-bond acceptors (Lipinski definition) is 6. The quantitative estimate of drug-likeness (QED) is 0.195. The average Bonchev–Trinajstić information content (AvgIpc) is 3.00. The molecular weight excluding hydrogens is 544 g/mol. The number of phenolic OH excluding ortho intramolecular Hbond substituents is 2. The highest BCUT2D eigenvalue weighted by atomic mass is 16.3. The zero-order valence-corrected chi connectivity index (χ0v) is 26.1. The molecule has 2 aromatic heterocycles. The summed E-state index contributed by atoms with van der Waals surface area (Å²) in [4.78, 5) is 18.1. The van der Waals surface area contributed by atoms with Crippen LogP contribution in [0.25, 0.3) is 22.3 Å². The van der Waals surface area contributed by atoms with Gasteiger partial charge in [0.1, 0.15) is 11.5 Å². The Morgan fingerprint density at radius 3 is 1.30 bits per heavy atom. The highest BCUT2D eigenvalue weighted by Crippen LogP contribution is 2.39. The van der Waals surface area contributed by atoms with Gasteiger partial charge in [-0.2, -0.15) is 0 Å². The first-order valence-corrected chi connectivity index (χ1v) is 14.6. The van der Waals surface area contributed by atoms with Gasteiger partial charge in [0.2, 0.25) is 0 Å². The number of phenols is 2. The standard InChI is InChI=1S/C38H38N4O2/c1-37(2,3)31-19-27(25-11-9-15-39-21-25)17-29(35(31)43)23-41-33-13-7-8-14-34(33)42-24-30-18-28(26-12-10-16-40-22-26)20-32(36(30)44)38(4,5)6/h7-24,43-44H,1-6H3. The number of para-hydroxylation sites is 2. The highest BCUT2D eigenvalue weighted by molar-refractivity contribution is 5.92. The van der Waals surface area contributed by atoms with Crippen LogP contribution in [-0.4, -0.2) is 32.6 Å². The molecule has 5 rings (SSSR count). The Bertz CT molecular complexity index is 1700. The van der Waals surface area contributed by atoms with Gasteiger partial charge in [0.25, 0.3) is 0 Å². The van der Waals surface area contributed by atoms with Crippen molar-refractivity contribution in [1.82, 2.24) is 9.97 Å². The van der Waals surface area contributed by atoms with Crippen molar-refractivity contribution in [2.75, 3.05) is 0 Å². The molecule has 44 heavy (non-hydrogen) atoms. The fourth-order valence-electron chi connectivity index (χ4n) is 5.02. The zero-order valence-electron chi connectivity index (χ0n) is 26.1. The molecule has 0 radical (unpaired) electrons. The van der Waals surface area contributed by atoms with Crippen LogP contribution < -0.4 is 0 Å². The van der Waals surface area contributed by atoms with Crippen molar-refractivity contribution >= 4 is 23.8 Å². The smallest absolute Gasteiger partial charge is 0.128 e. The Kier molecular flexibility index (Phi) is 8.45. The normalized spacial score (nSPS) is 12.3. The topological polar surface area (TPSA) is 91.0 Å². The number of aromatic hydroxyl groups is 2. The van der Waals surface area contributed by atoms with E-state index in [0.29, 0.717) is 22.5 Å². The molecule has 222 valence electrons. The Hall–Kier alpha value is -5.10. The highest BCUT2D eigenvalue weighted by Gasteiger charge is 2.23. The van der Waals surface area contributed by atoms with E-state index in [1.54, 1.807) is 24.8 Å². The van der Waals surface area contributed by atoms with Crippen LogP contribution in [-0.2, 0) is 10.8 Å². The van der Waals surface area contributed by atoms with Crippen LogP contribution in [0, 0.1) is 0 Å². The molecule has 0 atom stereocenters. The molecule has 0 unspecified atom stereocenters. The summed E-state index contributed by atoms with van der Waals surface area (Å²) in [5.74, 6) is 0.392. The molecule has 5 aromatic rings. The van der Waals surface area contributed by atoms with E-state index < -0.39 is 0 Å². The molecule has 0 bridgehead atoms. The van der Waals surface area contributed by atoms with E-state index in [-0.39, 0.29) is 22.3 Å². The summed E-state index contributed by atoms with van der Waals surface area (Å²) in [5, 5.41) is 22.5. The minimum Gasteiger partial charge on any atom is -0.507 e. The Morgan fingerprint density at radius 1 is 0.545 bits per heavy atom. The van der Waals surface area contributed by atoms with Gasteiger partial charge in [-0.05, 0) is 70.5 Å². The van der Waals surface area contributed by atoms with Crippen molar-refractivity contribution in [2.45, 2.75) is 52.4 Å². The van der Waals surface area contributed by atoms with Crippen LogP contribution in [0.5, 0.6) is 11.5 Å². The largest absolute Gasteiger partial charge is 0.507 e. The van der Waals surface area contributed by atoms with Crippen LogP contribution in [0.15, 0.2) is 108 Å². The molecular formula is C38H38N4O2. The van der Waals surface area contributed by atoms with Crippen LogP contribution >= 0.6 is 0 Å². The Balaban J connectivity index is 1.55. The van der Waals surface area contributed by atoms with E-state index >= 15 is 0 Å². The Labute approximate surface area is 259 Å². The van der Waals surface area contributed by atoms with E-state index in [0.717, 1.165) is 33.4 Å². The summed E-state index contributed by atoms with van der Waals surface area (Å²) in [6.07, 6.45) is 10.5. The summed E-state index contributed by atoms with van der Waals surface area (Å²) in [5.41, 5.74) is 7.36. The van der Waals surface area contributed by atoms with E-state index in [1.807, 2.05) is 85.2 Å². The maximum absolute atomic E-state index is 11.3. The molecule has 0 saturated carbocycles. The van der Waals surface area contributed by atoms with Gasteiger partial charge >= 0.3 is 0 Å². The number of rotatable bonds is 6. The molecule has 0 spiro atoms. The van der Waals surface area contributed by atoms with Gasteiger partial charge in [0, 0.05) is 70.6 Å². The van der Waals surface area contributed by atoms with Crippen molar-refractivity contribution < 1.29 is 10.2 Å². The monoisotopic (exact) mass is 582 g/mol. The van der Waals surface area contributed by atoms with Gasteiger partial charge in [0.15, 0.2) is 0 Å². The summed E-state index contributed by atoms with van der Waals surface area (Å²) < 4.78 is 0. The van der Waals surface area contributed by atoms with E-state index in [1.165, 1.54) is 0 Å². The third-order valence-corrected chi connectivity index (χ3v) is 7.45. The zero-order chi connectivity index (χ0) is 31.5. The van der Waals surface area contributed by atoms with Gasteiger partial charge in [-0.3, -0.25) is 20.0 Å². The first-order valence-electron chi connectivity index (χ1n) is 14.6.